The third-order valence-corrected chi connectivity index (χ3v) is 4.10. The molecule has 0 unspecified atom stereocenters. The second kappa shape index (κ2) is 7.87. The number of fused-ring (bicyclic) bond motifs is 1. The minimum atomic E-state index is -0.149. The number of anilines is 1. The maximum atomic E-state index is 12.7. The first-order valence-corrected chi connectivity index (χ1v) is 8.58. The van der Waals surface area contributed by atoms with E-state index in [-0.39, 0.29) is 11.7 Å². The van der Waals surface area contributed by atoms with Gasteiger partial charge in [-0.1, -0.05) is 12.1 Å². The molecular weight excluding hydrogens is 330 g/mol. The molecule has 1 amide bonds. The molecule has 0 radical (unpaired) electrons. The van der Waals surface area contributed by atoms with Crippen LogP contribution in [-0.4, -0.2) is 31.4 Å². The number of hydrogen-bond donors (Lipinski definition) is 0. The van der Waals surface area contributed by atoms with E-state index in [0.717, 1.165) is 11.3 Å². The summed E-state index contributed by atoms with van der Waals surface area (Å²) in [7, 11) is 0. The number of carbonyl (C=O) groups is 2. The van der Waals surface area contributed by atoms with Crippen molar-refractivity contribution in [2.24, 2.45) is 0 Å². The van der Waals surface area contributed by atoms with E-state index in [1.807, 2.05) is 31.2 Å². The molecule has 0 N–H and O–H groups in total. The summed E-state index contributed by atoms with van der Waals surface area (Å²) in [5.41, 5.74) is 2.10. The number of benzene rings is 2. The van der Waals surface area contributed by atoms with Gasteiger partial charge in [0, 0.05) is 11.6 Å². The smallest absolute Gasteiger partial charge is 0.251 e. The van der Waals surface area contributed by atoms with Crippen LogP contribution in [0.5, 0.6) is 11.5 Å². The number of Topliss-reactive ketones (excluding diaryl/α,β-unsaturated/α-hetero) is 1. The molecule has 0 saturated heterocycles. The van der Waals surface area contributed by atoms with Gasteiger partial charge in [0.2, 0.25) is 0 Å². The van der Waals surface area contributed by atoms with Crippen molar-refractivity contribution in [2.45, 2.75) is 13.8 Å². The van der Waals surface area contributed by atoms with Gasteiger partial charge in [0.1, 0.15) is 18.1 Å². The number of ether oxygens (including phenoxy) is 2. The minimum Gasteiger partial charge on any atom is -0.494 e. The molecule has 1 aliphatic rings. The Labute approximate surface area is 152 Å². The summed E-state index contributed by atoms with van der Waals surface area (Å²) in [6, 6.07) is 12.7. The first kappa shape index (κ1) is 17.7. The van der Waals surface area contributed by atoms with Crippen LogP contribution in [0.15, 0.2) is 48.5 Å². The van der Waals surface area contributed by atoms with Crippen molar-refractivity contribution >= 4 is 23.5 Å². The zero-order chi connectivity index (χ0) is 18.5. The second-order valence-electron chi connectivity index (χ2n) is 5.91. The fraction of sp³-hybridized carbons (Fsp3) is 0.238. The van der Waals surface area contributed by atoms with E-state index >= 15 is 0 Å². The van der Waals surface area contributed by atoms with Crippen LogP contribution in [0.1, 0.15) is 29.8 Å². The number of ketones is 1. The molecule has 0 aliphatic carbocycles. The monoisotopic (exact) mass is 351 g/mol. The highest BCUT2D eigenvalue weighted by molar-refractivity contribution is 6.06. The lowest BCUT2D eigenvalue weighted by Gasteiger charge is -2.29. The number of amides is 1. The van der Waals surface area contributed by atoms with Crippen LogP contribution < -0.4 is 14.4 Å². The van der Waals surface area contributed by atoms with Gasteiger partial charge in [-0.3, -0.25) is 9.59 Å². The molecule has 5 nitrogen and oxygen atoms in total. The summed E-state index contributed by atoms with van der Waals surface area (Å²) >= 11 is 0. The van der Waals surface area contributed by atoms with Crippen molar-refractivity contribution in [3.05, 3.63) is 59.7 Å². The van der Waals surface area contributed by atoms with Crippen molar-refractivity contribution in [2.75, 3.05) is 24.7 Å². The van der Waals surface area contributed by atoms with Gasteiger partial charge >= 0.3 is 0 Å². The van der Waals surface area contributed by atoms with Crippen LogP contribution in [0.25, 0.3) is 6.08 Å². The van der Waals surface area contributed by atoms with Crippen molar-refractivity contribution in [3.8, 4) is 11.5 Å². The number of rotatable bonds is 5. The topological polar surface area (TPSA) is 55.8 Å². The number of hydrogen-bond acceptors (Lipinski definition) is 4. The fourth-order valence-electron chi connectivity index (χ4n) is 2.76. The molecule has 1 aliphatic heterocycles. The Hall–Kier alpha value is -3.08. The lowest BCUT2D eigenvalue weighted by Crippen LogP contribution is -2.37. The summed E-state index contributed by atoms with van der Waals surface area (Å²) in [4.78, 5) is 25.9. The maximum Gasteiger partial charge on any atom is 0.251 e. The van der Waals surface area contributed by atoms with Gasteiger partial charge in [-0.05, 0) is 55.8 Å². The minimum absolute atomic E-state index is 0.0456. The zero-order valence-corrected chi connectivity index (χ0v) is 14.9. The van der Waals surface area contributed by atoms with Crippen LogP contribution in [-0.2, 0) is 4.79 Å². The van der Waals surface area contributed by atoms with Gasteiger partial charge in [0.05, 0.1) is 18.8 Å². The Morgan fingerprint density at radius 1 is 1.19 bits per heavy atom. The largest absolute Gasteiger partial charge is 0.494 e. The summed E-state index contributed by atoms with van der Waals surface area (Å²) in [5.74, 6) is 1.22. The van der Waals surface area contributed by atoms with E-state index in [4.69, 9.17) is 9.47 Å². The SMILES string of the molecule is CCOc1ccc(/C=C/C(=O)N2CCOc3ccc(C(C)=O)cc32)cc1. The van der Waals surface area contributed by atoms with E-state index < -0.39 is 0 Å². The molecule has 0 atom stereocenters. The van der Waals surface area contributed by atoms with Crippen molar-refractivity contribution in [1.29, 1.82) is 0 Å². The molecule has 5 heteroatoms. The standard InChI is InChI=1S/C21H21NO4/c1-3-25-18-8-4-16(5-9-18)6-11-21(24)22-12-13-26-20-10-7-17(15(2)23)14-19(20)22/h4-11,14H,3,12-13H2,1-2H3/b11-6+. The average Bonchev–Trinajstić information content (AvgIpc) is 2.66. The van der Waals surface area contributed by atoms with Crippen LogP contribution in [0.3, 0.4) is 0 Å². The summed E-state index contributed by atoms with van der Waals surface area (Å²) in [5, 5.41) is 0. The normalized spacial score (nSPS) is 13.2. The Morgan fingerprint density at radius 3 is 2.65 bits per heavy atom. The Bertz CT molecular complexity index is 840. The molecule has 134 valence electrons. The highest BCUT2D eigenvalue weighted by Crippen LogP contribution is 2.33. The molecule has 0 fully saturated rings. The van der Waals surface area contributed by atoms with E-state index in [9.17, 15) is 9.59 Å². The van der Waals surface area contributed by atoms with Gasteiger partial charge < -0.3 is 14.4 Å². The Balaban J connectivity index is 1.78. The predicted molar refractivity (Wildman–Crippen MR) is 101 cm³/mol. The van der Waals surface area contributed by atoms with E-state index in [1.165, 1.54) is 13.0 Å². The fourth-order valence-corrected chi connectivity index (χ4v) is 2.76. The van der Waals surface area contributed by atoms with Crippen molar-refractivity contribution in [3.63, 3.8) is 0 Å². The molecular formula is C21H21NO4. The number of carbonyl (C=O) groups excluding carboxylic acids is 2. The van der Waals surface area contributed by atoms with E-state index in [1.54, 1.807) is 29.2 Å². The van der Waals surface area contributed by atoms with Crippen LogP contribution >= 0.6 is 0 Å². The van der Waals surface area contributed by atoms with Crippen molar-refractivity contribution < 1.29 is 19.1 Å². The quantitative estimate of drug-likeness (QED) is 0.608. The average molecular weight is 351 g/mol. The summed E-state index contributed by atoms with van der Waals surface area (Å²) in [6.45, 7) is 4.93. The molecule has 2 aromatic carbocycles. The van der Waals surface area contributed by atoms with Gasteiger partial charge in [-0.2, -0.15) is 0 Å². The van der Waals surface area contributed by atoms with Gasteiger partial charge in [0.15, 0.2) is 5.78 Å². The summed E-state index contributed by atoms with van der Waals surface area (Å²) in [6.07, 6.45) is 3.30. The van der Waals surface area contributed by atoms with Crippen LogP contribution in [0, 0.1) is 0 Å². The summed E-state index contributed by atoms with van der Waals surface area (Å²) < 4.78 is 11.0. The Morgan fingerprint density at radius 2 is 1.96 bits per heavy atom. The van der Waals surface area contributed by atoms with Crippen LogP contribution in [0.4, 0.5) is 5.69 Å². The lowest BCUT2D eigenvalue weighted by molar-refractivity contribution is -0.114. The number of nitrogens with zero attached hydrogens (tertiary/aromatic N) is 1. The molecule has 26 heavy (non-hydrogen) atoms. The second-order valence-corrected chi connectivity index (χ2v) is 5.91. The molecule has 0 aromatic heterocycles. The van der Waals surface area contributed by atoms with Crippen molar-refractivity contribution in [1.82, 2.24) is 0 Å². The Kier molecular flexibility index (Phi) is 5.37. The van der Waals surface area contributed by atoms with Gasteiger partial charge in [-0.15, -0.1) is 0 Å². The predicted octanol–water partition coefficient (Wildman–Crippen LogP) is 3.73. The highest BCUT2D eigenvalue weighted by Gasteiger charge is 2.23. The first-order chi connectivity index (χ1) is 12.6. The zero-order valence-electron chi connectivity index (χ0n) is 14.9. The third kappa shape index (κ3) is 3.94. The van der Waals surface area contributed by atoms with E-state index in [2.05, 4.69) is 0 Å². The van der Waals surface area contributed by atoms with Gasteiger partial charge in [-0.25, -0.2) is 0 Å². The maximum absolute atomic E-state index is 12.7. The van der Waals surface area contributed by atoms with Crippen LogP contribution in [0.2, 0.25) is 0 Å². The molecule has 0 saturated carbocycles. The molecule has 0 bridgehead atoms. The van der Waals surface area contributed by atoms with Gasteiger partial charge in [0.25, 0.3) is 5.91 Å². The molecule has 0 spiro atoms. The molecule has 3 rings (SSSR count). The lowest BCUT2D eigenvalue weighted by atomic mass is 10.1. The van der Waals surface area contributed by atoms with E-state index in [0.29, 0.717) is 36.8 Å². The molecule has 1 heterocycles. The highest BCUT2D eigenvalue weighted by atomic mass is 16.5. The molecule has 2 aromatic rings. The third-order valence-electron chi connectivity index (χ3n) is 4.10. The first-order valence-electron chi connectivity index (χ1n) is 8.58.